The molecule has 0 amide bonds. The number of hydrogen-bond donors (Lipinski definition) is 2. The standard InChI is InChI=1S/C14H14ClN5O/c1-3-17-13-12(21-2)14(19-8-18-13)20-11-6-9(7-16)4-5-10(11)15/h4-6,8H,3H2,1-2H3,(H2,17,18,19,20). The van der Waals surface area contributed by atoms with E-state index in [0.29, 0.717) is 40.2 Å². The molecule has 6 nitrogen and oxygen atoms in total. The van der Waals surface area contributed by atoms with Crippen LogP contribution in [0.25, 0.3) is 0 Å². The highest BCUT2D eigenvalue weighted by Crippen LogP contribution is 2.33. The highest BCUT2D eigenvalue weighted by atomic mass is 35.5. The first-order chi connectivity index (χ1) is 10.2. The maximum absolute atomic E-state index is 8.95. The van der Waals surface area contributed by atoms with Crippen molar-refractivity contribution < 1.29 is 4.74 Å². The van der Waals surface area contributed by atoms with Gasteiger partial charge in [-0.25, -0.2) is 9.97 Å². The van der Waals surface area contributed by atoms with Crippen LogP contribution in [-0.2, 0) is 0 Å². The molecule has 0 radical (unpaired) electrons. The number of anilines is 3. The zero-order valence-electron chi connectivity index (χ0n) is 11.6. The first kappa shape index (κ1) is 14.9. The summed E-state index contributed by atoms with van der Waals surface area (Å²) in [6, 6.07) is 7.02. The van der Waals surface area contributed by atoms with E-state index in [4.69, 9.17) is 21.6 Å². The van der Waals surface area contributed by atoms with Crippen molar-refractivity contribution in [3.8, 4) is 11.8 Å². The van der Waals surface area contributed by atoms with Crippen molar-refractivity contribution in [2.24, 2.45) is 0 Å². The fourth-order valence-corrected chi connectivity index (χ4v) is 1.93. The lowest BCUT2D eigenvalue weighted by Crippen LogP contribution is -2.06. The highest BCUT2D eigenvalue weighted by molar-refractivity contribution is 6.33. The van der Waals surface area contributed by atoms with Gasteiger partial charge < -0.3 is 15.4 Å². The largest absolute Gasteiger partial charge is 0.490 e. The fourth-order valence-electron chi connectivity index (χ4n) is 1.77. The Balaban J connectivity index is 2.40. The minimum absolute atomic E-state index is 0.473. The van der Waals surface area contributed by atoms with Crippen LogP contribution in [-0.4, -0.2) is 23.6 Å². The Morgan fingerprint density at radius 1 is 1.33 bits per heavy atom. The molecule has 0 fully saturated rings. The molecule has 2 rings (SSSR count). The molecule has 7 heteroatoms. The second-order valence-electron chi connectivity index (χ2n) is 4.07. The quantitative estimate of drug-likeness (QED) is 0.882. The van der Waals surface area contributed by atoms with E-state index in [9.17, 15) is 0 Å². The van der Waals surface area contributed by atoms with Gasteiger partial charge in [0.05, 0.1) is 29.5 Å². The lowest BCUT2D eigenvalue weighted by molar-refractivity contribution is 0.415. The predicted molar refractivity (Wildman–Crippen MR) is 82.2 cm³/mol. The molecule has 108 valence electrons. The number of benzene rings is 1. The Kier molecular flexibility index (Phi) is 4.80. The van der Waals surface area contributed by atoms with Crippen molar-refractivity contribution in [2.75, 3.05) is 24.3 Å². The molecule has 1 aromatic carbocycles. The molecule has 0 saturated carbocycles. The van der Waals surface area contributed by atoms with E-state index in [1.165, 1.54) is 13.4 Å². The van der Waals surface area contributed by atoms with Crippen molar-refractivity contribution >= 4 is 28.9 Å². The van der Waals surface area contributed by atoms with Crippen LogP contribution in [0.5, 0.6) is 5.75 Å². The summed E-state index contributed by atoms with van der Waals surface area (Å²) in [7, 11) is 1.54. The molecule has 0 unspecified atom stereocenters. The molecule has 1 aromatic heterocycles. The van der Waals surface area contributed by atoms with E-state index in [-0.39, 0.29) is 0 Å². The molecule has 1 heterocycles. The lowest BCUT2D eigenvalue weighted by atomic mass is 10.2. The number of nitriles is 1. The Morgan fingerprint density at radius 2 is 2.10 bits per heavy atom. The molecule has 0 bridgehead atoms. The summed E-state index contributed by atoms with van der Waals surface area (Å²) < 4.78 is 5.34. The first-order valence-electron chi connectivity index (χ1n) is 6.29. The Morgan fingerprint density at radius 3 is 2.76 bits per heavy atom. The number of nitrogens with zero attached hydrogens (tertiary/aromatic N) is 3. The number of nitrogens with one attached hydrogen (secondary N) is 2. The second-order valence-corrected chi connectivity index (χ2v) is 4.47. The second kappa shape index (κ2) is 6.77. The maximum atomic E-state index is 8.95. The van der Waals surface area contributed by atoms with Gasteiger partial charge in [0.2, 0.25) is 5.75 Å². The van der Waals surface area contributed by atoms with Gasteiger partial charge in [0.25, 0.3) is 0 Å². The number of rotatable bonds is 5. The molecular formula is C14H14ClN5O. The molecule has 0 aliphatic heterocycles. The third kappa shape index (κ3) is 3.33. The van der Waals surface area contributed by atoms with E-state index >= 15 is 0 Å². The van der Waals surface area contributed by atoms with Crippen LogP contribution in [0.3, 0.4) is 0 Å². The Hall–Kier alpha value is -2.52. The molecule has 2 N–H and O–H groups in total. The van der Waals surface area contributed by atoms with Gasteiger partial charge in [-0.15, -0.1) is 0 Å². The summed E-state index contributed by atoms with van der Waals surface area (Å²) in [6.07, 6.45) is 1.42. The van der Waals surface area contributed by atoms with Gasteiger partial charge in [-0.2, -0.15) is 5.26 Å². The monoisotopic (exact) mass is 303 g/mol. The van der Waals surface area contributed by atoms with Crippen molar-refractivity contribution in [3.63, 3.8) is 0 Å². The van der Waals surface area contributed by atoms with Crippen LogP contribution in [0.2, 0.25) is 5.02 Å². The molecule has 21 heavy (non-hydrogen) atoms. The molecule has 0 saturated heterocycles. The number of methoxy groups -OCH3 is 1. The number of ether oxygens (including phenoxy) is 1. The van der Waals surface area contributed by atoms with Gasteiger partial charge in [0.1, 0.15) is 6.33 Å². The third-order valence-electron chi connectivity index (χ3n) is 2.70. The lowest BCUT2D eigenvalue weighted by Gasteiger charge is -2.14. The van der Waals surface area contributed by atoms with Crippen LogP contribution in [0.4, 0.5) is 17.3 Å². The SMILES string of the molecule is CCNc1ncnc(Nc2cc(C#N)ccc2Cl)c1OC. The van der Waals surface area contributed by atoms with Crippen molar-refractivity contribution in [2.45, 2.75) is 6.92 Å². The molecule has 0 spiro atoms. The van der Waals surface area contributed by atoms with E-state index in [1.54, 1.807) is 18.2 Å². The molecule has 0 aliphatic carbocycles. The summed E-state index contributed by atoms with van der Waals surface area (Å²) in [4.78, 5) is 8.28. The molecule has 0 atom stereocenters. The average molecular weight is 304 g/mol. The number of hydrogen-bond acceptors (Lipinski definition) is 6. The number of aromatic nitrogens is 2. The minimum atomic E-state index is 0.473. The van der Waals surface area contributed by atoms with Gasteiger partial charge in [0, 0.05) is 6.54 Å². The number of halogens is 1. The van der Waals surface area contributed by atoms with Crippen LogP contribution in [0.15, 0.2) is 24.5 Å². The van der Waals surface area contributed by atoms with Gasteiger partial charge in [-0.05, 0) is 25.1 Å². The molecular weight excluding hydrogens is 290 g/mol. The van der Waals surface area contributed by atoms with Crippen LogP contribution in [0, 0.1) is 11.3 Å². The van der Waals surface area contributed by atoms with E-state index < -0.39 is 0 Å². The summed E-state index contributed by atoms with van der Waals surface area (Å²) >= 11 is 6.13. The normalized spacial score (nSPS) is 9.81. The zero-order valence-corrected chi connectivity index (χ0v) is 12.4. The summed E-state index contributed by atoms with van der Waals surface area (Å²) in [5, 5.41) is 15.6. The van der Waals surface area contributed by atoms with Crippen LogP contribution < -0.4 is 15.4 Å². The summed E-state index contributed by atoms with van der Waals surface area (Å²) in [5.41, 5.74) is 1.08. The van der Waals surface area contributed by atoms with E-state index in [2.05, 4.69) is 26.7 Å². The van der Waals surface area contributed by atoms with E-state index in [0.717, 1.165) is 0 Å². The predicted octanol–water partition coefficient (Wildman–Crippen LogP) is 3.19. The Labute approximate surface area is 127 Å². The Bertz CT molecular complexity index is 684. The van der Waals surface area contributed by atoms with Crippen LogP contribution in [0.1, 0.15) is 12.5 Å². The van der Waals surface area contributed by atoms with Crippen molar-refractivity contribution in [1.29, 1.82) is 5.26 Å². The minimum Gasteiger partial charge on any atom is -0.490 e. The topological polar surface area (TPSA) is 82.9 Å². The van der Waals surface area contributed by atoms with Gasteiger partial charge in [-0.3, -0.25) is 0 Å². The third-order valence-corrected chi connectivity index (χ3v) is 3.03. The van der Waals surface area contributed by atoms with Gasteiger partial charge in [0.15, 0.2) is 11.6 Å². The molecule has 0 aliphatic rings. The first-order valence-corrected chi connectivity index (χ1v) is 6.67. The van der Waals surface area contributed by atoms with E-state index in [1.807, 2.05) is 6.92 Å². The molecule has 2 aromatic rings. The fraction of sp³-hybridized carbons (Fsp3) is 0.214. The summed E-state index contributed by atoms with van der Waals surface area (Å²) in [6.45, 7) is 2.67. The zero-order chi connectivity index (χ0) is 15.2. The van der Waals surface area contributed by atoms with Gasteiger partial charge >= 0.3 is 0 Å². The van der Waals surface area contributed by atoms with Crippen molar-refractivity contribution in [1.82, 2.24) is 9.97 Å². The smallest absolute Gasteiger partial charge is 0.204 e. The highest BCUT2D eigenvalue weighted by Gasteiger charge is 2.13. The van der Waals surface area contributed by atoms with Crippen LogP contribution >= 0.6 is 11.6 Å². The maximum Gasteiger partial charge on any atom is 0.204 e. The van der Waals surface area contributed by atoms with Crippen molar-refractivity contribution in [3.05, 3.63) is 35.1 Å². The van der Waals surface area contributed by atoms with Gasteiger partial charge in [-0.1, -0.05) is 11.6 Å². The summed E-state index contributed by atoms with van der Waals surface area (Å²) in [5.74, 6) is 1.54. The average Bonchev–Trinajstić information content (AvgIpc) is 2.50.